The van der Waals surface area contributed by atoms with E-state index < -0.39 is 5.97 Å². The average molecular weight is 385 g/mol. The minimum atomic E-state index is -0.901. The number of benzene rings is 2. The maximum absolute atomic E-state index is 12.7. The lowest BCUT2D eigenvalue weighted by atomic mass is 9.98. The maximum atomic E-state index is 12.7. The van der Waals surface area contributed by atoms with E-state index in [2.05, 4.69) is 5.10 Å². The van der Waals surface area contributed by atoms with E-state index in [9.17, 15) is 9.59 Å². The first-order valence-electron chi connectivity index (χ1n) is 8.88. The van der Waals surface area contributed by atoms with Gasteiger partial charge in [0.2, 0.25) is 5.91 Å². The lowest BCUT2D eigenvalue weighted by molar-refractivity contribution is -0.137. The molecule has 0 spiro atoms. The Hall–Kier alpha value is -2.66. The van der Waals surface area contributed by atoms with E-state index in [1.165, 1.54) is 5.01 Å². The molecule has 1 aliphatic heterocycles. The lowest BCUT2D eigenvalue weighted by Crippen LogP contribution is -2.27. The molecule has 0 fully saturated rings. The van der Waals surface area contributed by atoms with Crippen LogP contribution in [0.2, 0.25) is 5.02 Å². The van der Waals surface area contributed by atoms with Gasteiger partial charge in [-0.05, 0) is 36.6 Å². The topological polar surface area (TPSA) is 70.0 Å². The Morgan fingerprint density at radius 2 is 1.78 bits per heavy atom. The molecule has 3 rings (SSSR count). The van der Waals surface area contributed by atoms with Crippen molar-refractivity contribution in [3.63, 3.8) is 0 Å². The molecule has 0 saturated heterocycles. The van der Waals surface area contributed by atoms with Gasteiger partial charge in [-0.25, -0.2) is 5.01 Å². The molecule has 0 saturated carbocycles. The second kappa shape index (κ2) is 8.35. The third-order valence-electron chi connectivity index (χ3n) is 4.59. The molecule has 140 valence electrons. The van der Waals surface area contributed by atoms with Crippen molar-refractivity contribution in [2.45, 2.75) is 38.6 Å². The first-order valence-corrected chi connectivity index (χ1v) is 9.25. The van der Waals surface area contributed by atoms with E-state index >= 15 is 0 Å². The van der Waals surface area contributed by atoms with Gasteiger partial charge >= 0.3 is 5.97 Å². The fourth-order valence-corrected chi connectivity index (χ4v) is 3.24. The lowest BCUT2D eigenvalue weighted by Gasteiger charge is -2.22. The molecule has 2 aromatic carbocycles. The van der Waals surface area contributed by atoms with Crippen LogP contribution in [-0.4, -0.2) is 27.7 Å². The predicted molar refractivity (Wildman–Crippen MR) is 105 cm³/mol. The van der Waals surface area contributed by atoms with Crippen LogP contribution in [0.1, 0.15) is 48.4 Å². The monoisotopic (exact) mass is 384 g/mol. The number of aryl methyl sites for hydroxylation is 1. The van der Waals surface area contributed by atoms with E-state index in [0.717, 1.165) is 22.4 Å². The van der Waals surface area contributed by atoms with Crippen LogP contribution >= 0.6 is 11.6 Å². The van der Waals surface area contributed by atoms with Gasteiger partial charge in [0.25, 0.3) is 0 Å². The normalized spacial score (nSPS) is 16.3. The van der Waals surface area contributed by atoms with Gasteiger partial charge in [-0.15, -0.1) is 0 Å². The zero-order chi connectivity index (χ0) is 19.4. The largest absolute Gasteiger partial charge is 0.481 e. The van der Waals surface area contributed by atoms with Crippen molar-refractivity contribution in [3.05, 3.63) is 70.2 Å². The molecule has 6 heteroatoms. The number of rotatable bonds is 6. The Balaban J connectivity index is 1.85. The van der Waals surface area contributed by atoms with Crippen LogP contribution < -0.4 is 0 Å². The highest BCUT2D eigenvalue weighted by molar-refractivity contribution is 6.30. The van der Waals surface area contributed by atoms with Crippen molar-refractivity contribution >= 4 is 29.2 Å². The summed E-state index contributed by atoms with van der Waals surface area (Å²) >= 11 is 5.99. The van der Waals surface area contributed by atoms with Crippen molar-refractivity contribution in [1.82, 2.24) is 5.01 Å². The summed E-state index contributed by atoms with van der Waals surface area (Å²) in [5.74, 6) is -1.07. The molecule has 0 unspecified atom stereocenters. The first-order chi connectivity index (χ1) is 12.9. The number of carboxylic acid groups (broad SMARTS) is 1. The highest BCUT2D eigenvalue weighted by Crippen LogP contribution is 2.34. The highest BCUT2D eigenvalue weighted by Gasteiger charge is 2.32. The smallest absolute Gasteiger partial charge is 0.303 e. The Bertz CT molecular complexity index is 860. The third-order valence-corrected chi connectivity index (χ3v) is 4.84. The van der Waals surface area contributed by atoms with Crippen LogP contribution in [0.4, 0.5) is 0 Å². The molecule has 0 aromatic heterocycles. The number of hydrogen-bond acceptors (Lipinski definition) is 3. The molecular weight excluding hydrogens is 364 g/mol. The van der Waals surface area contributed by atoms with E-state index in [-0.39, 0.29) is 24.8 Å². The van der Waals surface area contributed by atoms with E-state index in [4.69, 9.17) is 16.7 Å². The number of carboxylic acids is 1. The summed E-state index contributed by atoms with van der Waals surface area (Å²) in [5, 5.41) is 15.5. The minimum Gasteiger partial charge on any atom is -0.481 e. The van der Waals surface area contributed by atoms with Gasteiger partial charge in [-0.2, -0.15) is 5.10 Å². The van der Waals surface area contributed by atoms with Crippen LogP contribution in [0, 0.1) is 6.92 Å². The van der Waals surface area contributed by atoms with Crippen LogP contribution in [0.25, 0.3) is 0 Å². The van der Waals surface area contributed by atoms with E-state index in [1.807, 2.05) is 43.3 Å². The van der Waals surface area contributed by atoms with E-state index in [0.29, 0.717) is 17.9 Å². The Morgan fingerprint density at radius 3 is 2.41 bits per heavy atom. The number of nitrogens with zero attached hydrogens (tertiary/aromatic N) is 2. The number of carbonyl (C=O) groups excluding carboxylic acids is 1. The quantitative estimate of drug-likeness (QED) is 0.792. The number of aliphatic carboxylic acids is 1. The molecule has 1 heterocycles. The van der Waals surface area contributed by atoms with Crippen molar-refractivity contribution in [2.75, 3.05) is 0 Å². The minimum absolute atomic E-state index is 0.0281. The van der Waals surface area contributed by atoms with Gasteiger partial charge in [-0.3, -0.25) is 9.59 Å². The van der Waals surface area contributed by atoms with Gasteiger partial charge in [0.1, 0.15) is 0 Å². The predicted octanol–water partition coefficient (Wildman–Crippen LogP) is 4.58. The fourth-order valence-electron chi connectivity index (χ4n) is 3.11. The van der Waals surface area contributed by atoms with Gasteiger partial charge in [0, 0.05) is 24.3 Å². The van der Waals surface area contributed by atoms with Gasteiger partial charge < -0.3 is 5.11 Å². The van der Waals surface area contributed by atoms with Crippen LogP contribution in [0.15, 0.2) is 53.6 Å². The summed E-state index contributed by atoms with van der Waals surface area (Å²) in [6.45, 7) is 2.02. The molecule has 0 aliphatic carbocycles. The van der Waals surface area contributed by atoms with Gasteiger partial charge in [0.15, 0.2) is 0 Å². The second-order valence-electron chi connectivity index (χ2n) is 6.67. The van der Waals surface area contributed by atoms with Crippen molar-refractivity contribution in [3.8, 4) is 0 Å². The standard InChI is InChI=1S/C21H21ClN2O3/c1-14-5-7-15(8-6-14)18-13-19(16-9-11-17(22)12-10-16)24(23-18)20(25)3-2-4-21(26)27/h5-12,19H,2-4,13H2,1H3,(H,26,27)/t19-/m1/s1. The molecule has 1 atom stereocenters. The Morgan fingerprint density at radius 1 is 1.11 bits per heavy atom. The number of hydrogen-bond donors (Lipinski definition) is 1. The Kier molecular flexibility index (Phi) is 5.91. The summed E-state index contributed by atoms with van der Waals surface area (Å²) in [6, 6.07) is 15.2. The molecule has 2 aromatic rings. The summed E-state index contributed by atoms with van der Waals surface area (Å²) in [4.78, 5) is 23.4. The molecule has 0 radical (unpaired) electrons. The van der Waals surface area contributed by atoms with Gasteiger partial charge in [0.05, 0.1) is 11.8 Å². The molecule has 0 bridgehead atoms. The summed E-state index contributed by atoms with van der Waals surface area (Å²) in [7, 11) is 0. The van der Waals surface area contributed by atoms with Crippen LogP contribution in [0.5, 0.6) is 0 Å². The average Bonchev–Trinajstić information content (AvgIpc) is 3.08. The molecule has 27 heavy (non-hydrogen) atoms. The highest BCUT2D eigenvalue weighted by atomic mass is 35.5. The van der Waals surface area contributed by atoms with E-state index in [1.54, 1.807) is 12.1 Å². The Labute approximate surface area is 163 Å². The summed E-state index contributed by atoms with van der Waals surface area (Å²) < 4.78 is 0. The van der Waals surface area contributed by atoms with Gasteiger partial charge in [-0.1, -0.05) is 53.6 Å². The first kappa shape index (κ1) is 19.1. The van der Waals surface area contributed by atoms with Crippen molar-refractivity contribution in [2.24, 2.45) is 5.10 Å². The zero-order valence-corrected chi connectivity index (χ0v) is 15.8. The summed E-state index contributed by atoms with van der Waals surface area (Å²) in [5.41, 5.74) is 3.95. The molecular formula is C21H21ClN2O3. The maximum Gasteiger partial charge on any atom is 0.303 e. The molecule has 1 N–H and O–H groups in total. The number of carbonyl (C=O) groups is 2. The number of amides is 1. The number of hydrazone groups is 1. The fraction of sp³-hybridized carbons (Fsp3) is 0.286. The van der Waals surface area contributed by atoms with Crippen LogP contribution in [-0.2, 0) is 9.59 Å². The second-order valence-corrected chi connectivity index (χ2v) is 7.11. The van der Waals surface area contributed by atoms with Crippen molar-refractivity contribution in [1.29, 1.82) is 0 Å². The summed E-state index contributed by atoms with van der Waals surface area (Å²) in [6.07, 6.45) is 1.03. The molecule has 5 nitrogen and oxygen atoms in total. The molecule has 1 aliphatic rings. The van der Waals surface area contributed by atoms with Crippen molar-refractivity contribution < 1.29 is 14.7 Å². The zero-order valence-electron chi connectivity index (χ0n) is 15.1. The number of halogens is 1. The SMILES string of the molecule is Cc1ccc(C2=NN(C(=O)CCCC(=O)O)[C@@H](c3ccc(Cl)cc3)C2)cc1. The van der Waals surface area contributed by atoms with Crippen LogP contribution in [0.3, 0.4) is 0 Å². The molecule has 1 amide bonds. The third kappa shape index (κ3) is 4.74.